The Morgan fingerprint density at radius 3 is 2.02 bits per heavy atom. The zero-order chi connectivity index (χ0) is 34.7. The Bertz CT molecular complexity index is 2410. The molecule has 5 aromatic rings. The van der Waals surface area contributed by atoms with Gasteiger partial charge in [-0.05, 0) is 60.5 Å². The molecule has 0 radical (unpaired) electrons. The molecule has 2 aromatic heterocycles. The first-order valence-corrected chi connectivity index (χ1v) is 15.3. The molecule has 1 unspecified atom stereocenters. The number of nitrogens with zero attached hydrogens (tertiary/aromatic N) is 10. The molecule has 3 aromatic carbocycles. The van der Waals surface area contributed by atoms with Gasteiger partial charge >= 0.3 is 12.1 Å². The zero-order valence-corrected chi connectivity index (χ0v) is 26.5. The maximum Gasteiger partial charge on any atom is 0.348 e. The Hall–Kier alpha value is -6.59. The van der Waals surface area contributed by atoms with E-state index in [0.29, 0.717) is 32.5 Å². The smallest absolute Gasteiger partial charge is 0.348 e. The second-order valence-electron chi connectivity index (χ2n) is 11.0. The van der Waals surface area contributed by atoms with Gasteiger partial charge in [-0.2, -0.15) is 19.8 Å². The number of aromatic hydroxyl groups is 2. The van der Waals surface area contributed by atoms with Gasteiger partial charge in [-0.1, -0.05) is 47.5 Å². The molecule has 0 bridgehead atoms. The monoisotopic (exact) mass is 708 g/mol. The lowest BCUT2D eigenvalue weighted by Crippen LogP contribution is -2.36. The van der Waals surface area contributed by atoms with Crippen molar-refractivity contribution in [3.05, 3.63) is 105 Å². The fourth-order valence-corrected chi connectivity index (χ4v) is 6.06. The Kier molecular flexibility index (Phi) is 7.09. The van der Waals surface area contributed by atoms with Gasteiger partial charge in [0.1, 0.15) is 16.8 Å². The van der Waals surface area contributed by atoms with Crippen molar-refractivity contribution in [3.63, 3.8) is 0 Å². The van der Waals surface area contributed by atoms with Crippen molar-refractivity contribution in [3.8, 4) is 11.6 Å². The highest BCUT2D eigenvalue weighted by atomic mass is 35.5. The van der Waals surface area contributed by atoms with Crippen LogP contribution in [-0.2, 0) is 11.8 Å². The van der Waals surface area contributed by atoms with E-state index in [9.17, 15) is 24.6 Å². The van der Waals surface area contributed by atoms with E-state index in [0.717, 1.165) is 9.25 Å². The number of aromatic nitrogens is 4. The molecule has 1 aliphatic carbocycles. The van der Waals surface area contributed by atoms with Crippen LogP contribution in [0.2, 0.25) is 10.0 Å². The molecule has 0 saturated carbocycles. The van der Waals surface area contributed by atoms with Gasteiger partial charge < -0.3 is 20.8 Å². The van der Waals surface area contributed by atoms with Crippen LogP contribution in [0.25, 0.3) is 0 Å². The lowest BCUT2D eigenvalue weighted by atomic mass is 9.77. The minimum absolute atomic E-state index is 0.0998. The minimum atomic E-state index is -1.94. The number of hydrogen-bond donors (Lipinski definition) is 4. The highest BCUT2D eigenvalue weighted by Crippen LogP contribution is 2.52. The van der Waals surface area contributed by atoms with Crippen molar-refractivity contribution in [1.82, 2.24) is 19.3 Å². The summed E-state index contributed by atoms with van der Waals surface area (Å²) in [6, 6.07) is 17.7. The molecule has 0 saturated heterocycles. The van der Waals surface area contributed by atoms with Crippen molar-refractivity contribution in [2.24, 2.45) is 30.4 Å². The molecule has 0 fully saturated rings. The third-order valence-corrected chi connectivity index (χ3v) is 8.54. The Balaban J connectivity index is 1.19. The van der Waals surface area contributed by atoms with Gasteiger partial charge in [-0.25, -0.2) is 19.1 Å². The number of anilines is 2. The molecular weight excluding hydrogens is 691 g/mol. The van der Waals surface area contributed by atoms with Crippen molar-refractivity contribution < 1.29 is 24.6 Å². The number of azo groups is 2. The standard InChI is InChI=1S/C31H18Cl2N12O5/c32-15-5-9-17(10-6-15)34-29(49)37-27-41-40-26-36-22(25(48)44(26)27)31(13-14-3-1-2-4-19(14)23(31)47)21-20(46)24-39-42-28(45(24)43-21)38-30(50)35-18-11-7-16(33)8-12-18/h1-12,46,48H,13H2,(H,34,49)(H,35,50). The number of hydrogen-bond acceptors (Lipinski definition) is 9. The topological polar surface area (TPSA) is 226 Å². The number of Topliss-reactive ketones (excluding diaryl/α,β-unsaturated/α-hetero) is 1. The zero-order valence-electron chi connectivity index (χ0n) is 25.0. The van der Waals surface area contributed by atoms with E-state index in [4.69, 9.17) is 23.2 Å². The summed E-state index contributed by atoms with van der Waals surface area (Å²) >= 11 is 11.8. The molecule has 50 heavy (non-hydrogen) atoms. The van der Waals surface area contributed by atoms with Crippen LogP contribution in [0, 0.1) is 0 Å². The maximum atomic E-state index is 14.4. The number of aliphatic imine (C=N–C) groups is 2. The Morgan fingerprint density at radius 1 is 0.780 bits per heavy atom. The molecular formula is C31H18Cl2N12O5. The Morgan fingerprint density at radius 2 is 1.38 bits per heavy atom. The molecule has 2 aliphatic heterocycles. The van der Waals surface area contributed by atoms with Crippen LogP contribution in [0.15, 0.2) is 103 Å². The minimum Gasteiger partial charge on any atom is -0.503 e. The summed E-state index contributed by atoms with van der Waals surface area (Å²) in [6.45, 7) is 0. The third kappa shape index (κ3) is 4.91. The molecule has 4 N–H and O–H groups in total. The van der Waals surface area contributed by atoms with E-state index < -0.39 is 34.9 Å². The molecule has 4 amide bonds. The normalized spacial score (nSPS) is 18.5. The van der Waals surface area contributed by atoms with Crippen LogP contribution in [0.3, 0.4) is 0 Å². The number of amides is 4. The predicted octanol–water partition coefficient (Wildman–Crippen LogP) is 6.59. The van der Waals surface area contributed by atoms with Crippen LogP contribution >= 0.6 is 23.2 Å². The number of fused-ring (bicyclic) bond motifs is 3. The van der Waals surface area contributed by atoms with E-state index in [1.165, 1.54) is 0 Å². The number of carbonyl (C=O) groups excluding carboxylic acids is 3. The van der Waals surface area contributed by atoms with Gasteiger partial charge in [-0.15, -0.1) is 20.5 Å². The van der Waals surface area contributed by atoms with E-state index in [1.54, 1.807) is 72.8 Å². The molecule has 19 heteroatoms. The van der Waals surface area contributed by atoms with Crippen molar-refractivity contribution in [2.45, 2.75) is 11.8 Å². The first-order chi connectivity index (χ1) is 24.1. The summed E-state index contributed by atoms with van der Waals surface area (Å²) in [5, 5.41) is 49.3. The molecule has 17 nitrogen and oxygen atoms in total. The first-order valence-electron chi connectivity index (χ1n) is 14.5. The van der Waals surface area contributed by atoms with Gasteiger partial charge in [0.2, 0.25) is 11.7 Å². The van der Waals surface area contributed by atoms with Gasteiger partial charge in [0.25, 0.3) is 17.9 Å². The summed E-state index contributed by atoms with van der Waals surface area (Å²) in [7, 11) is 0. The average Bonchev–Trinajstić information content (AvgIpc) is 3.90. The number of carbonyl (C=O) groups is 3. The predicted molar refractivity (Wildman–Crippen MR) is 179 cm³/mol. The number of nitrogens with one attached hydrogen (secondary N) is 2. The van der Waals surface area contributed by atoms with Crippen LogP contribution in [-0.4, -0.2) is 59.3 Å². The van der Waals surface area contributed by atoms with Crippen LogP contribution in [0.4, 0.5) is 32.7 Å². The number of rotatable bonds is 4. The summed E-state index contributed by atoms with van der Waals surface area (Å²) in [5.41, 5.74) is -0.764. The second kappa shape index (κ2) is 11.5. The number of urea groups is 2. The van der Waals surface area contributed by atoms with Crippen LogP contribution in [0.1, 0.15) is 27.3 Å². The van der Waals surface area contributed by atoms with E-state index in [2.05, 4.69) is 51.2 Å². The highest BCUT2D eigenvalue weighted by Gasteiger charge is 2.56. The van der Waals surface area contributed by atoms with Gasteiger partial charge in [0.15, 0.2) is 11.5 Å². The second-order valence-corrected chi connectivity index (χ2v) is 11.9. The third-order valence-electron chi connectivity index (χ3n) is 8.03. The van der Waals surface area contributed by atoms with Crippen LogP contribution < -0.4 is 10.6 Å². The van der Waals surface area contributed by atoms with Gasteiger partial charge in [-0.3, -0.25) is 4.79 Å². The molecule has 1 atom stereocenters. The van der Waals surface area contributed by atoms with Gasteiger partial charge in [0, 0.05) is 27.0 Å². The molecule has 246 valence electrons. The first kappa shape index (κ1) is 30.7. The lowest BCUT2D eigenvalue weighted by Gasteiger charge is -2.24. The largest absolute Gasteiger partial charge is 0.503 e. The quantitative estimate of drug-likeness (QED) is 0.160. The fourth-order valence-electron chi connectivity index (χ4n) is 5.80. The summed E-state index contributed by atoms with van der Waals surface area (Å²) < 4.78 is 1.99. The molecule has 4 heterocycles. The number of halogens is 2. The van der Waals surface area contributed by atoms with Gasteiger partial charge in [0.05, 0.1) is 0 Å². The maximum absolute atomic E-state index is 14.4. The van der Waals surface area contributed by atoms with Crippen molar-refractivity contribution in [2.75, 3.05) is 10.6 Å². The van der Waals surface area contributed by atoms with E-state index >= 15 is 0 Å². The Labute approximate surface area is 289 Å². The summed E-state index contributed by atoms with van der Waals surface area (Å²) in [6.07, 6.45) is -0.0998. The summed E-state index contributed by atoms with van der Waals surface area (Å²) in [5.74, 6) is -2.80. The molecule has 0 spiro atoms. The number of imidazole rings is 1. The highest BCUT2D eigenvalue weighted by molar-refractivity contribution is 6.31. The van der Waals surface area contributed by atoms with Crippen molar-refractivity contribution >= 4 is 76.1 Å². The SMILES string of the molecule is O=C(N=C1N=Nc2c(O)c(C3(c4nc5n(c4O)C(=NC(=O)Nc4ccc(Cl)cc4)N=N5)Cc4ccccc4C3=O)nn21)Nc1ccc(Cl)cc1. The van der Waals surface area contributed by atoms with Crippen LogP contribution in [0.5, 0.6) is 11.6 Å². The molecule has 8 rings (SSSR count). The number of benzene rings is 3. The molecule has 3 aliphatic rings. The lowest BCUT2D eigenvalue weighted by molar-refractivity contribution is 0.0920. The fraction of sp³-hybridized carbons (Fsp3) is 0.0645. The summed E-state index contributed by atoms with van der Waals surface area (Å²) in [4.78, 5) is 52.2. The van der Waals surface area contributed by atoms with E-state index in [-0.39, 0.29) is 41.5 Å². The van der Waals surface area contributed by atoms with E-state index in [1.807, 2.05) is 0 Å². The average molecular weight is 709 g/mol. The number of ketones is 1. The van der Waals surface area contributed by atoms with Crippen molar-refractivity contribution in [1.29, 1.82) is 0 Å².